The molecule has 368 valence electrons. The summed E-state index contributed by atoms with van der Waals surface area (Å²) in [6.45, 7) is 11.1. The Morgan fingerprint density at radius 1 is 0.939 bits per heavy atom. The number of hydrogen-bond donors (Lipinski definition) is 2. The first-order valence-corrected chi connectivity index (χ1v) is 24.7. The predicted molar refractivity (Wildman–Crippen MR) is 250 cm³/mol. The number of cyclic esters (lactones) is 1. The number of halogens is 1. The molecular formula is C51H74BrNO13. The third-order valence-electron chi connectivity index (χ3n) is 14.4. The number of aliphatic hydroxyl groups is 2. The quantitative estimate of drug-likeness (QED) is 0.104. The van der Waals surface area contributed by atoms with Crippen molar-refractivity contribution in [2.75, 3.05) is 34.5 Å². The maximum absolute atomic E-state index is 14.5. The third kappa shape index (κ3) is 13.1. The summed E-state index contributed by atoms with van der Waals surface area (Å²) in [6.07, 6.45) is 3.81. The van der Waals surface area contributed by atoms with Gasteiger partial charge >= 0.3 is 5.97 Å². The number of ketones is 3. The van der Waals surface area contributed by atoms with Gasteiger partial charge in [-0.25, -0.2) is 4.79 Å². The molecule has 1 amide bonds. The summed E-state index contributed by atoms with van der Waals surface area (Å²) in [6, 6.07) is 6.00. The molecule has 2 saturated heterocycles. The number of piperidine rings is 1. The lowest BCUT2D eigenvalue weighted by atomic mass is 9.81. The number of esters is 1. The number of ether oxygens (including phenoxy) is 6. The Bertz CT molecular complexity index is 1920. The first kappa shape index (κ1) is 53.8. The van der Waals surface area contributed by atoms with Crippen LogP contribution in [0.1, 0.15) is 123 Å². The van der Waals surface area contributed by atoms with Gasteiger partial charge in [0.1, 0.15) is 30.6 Å². The second-order valence-electron chi connectivity index (χ2n) is 19.4. The number of hydrogen-bond acceptors (Lipinski definition) is 13. The highest BCUT2D eigenvalue weighted by atomic mass is 79.9. The highest BCUT2D eigenvalue weighted by Crippen LogP contribution is 2.39. The largest absolute Gasteiger partial charge is 0.456 e. The van der Waals surface area contributed by atoms with Crippen LogP contribution in [0, 0.1) is 29.6 Å². The summed E-state index contributed by atoms with van der Waals surface area (Å²) in [4.78, 5) is 71.3. The fraction of sp³-hybridized carbons (Fsp3) is 0.706. The number of aliphatic hydroxyl groups excluding tert-OH is 1. The minimum absolute atomic E-state index is 0.0191. The fourth-order valence-electron chi connectivity index (χ4n) is 10.5. The van der Waals surface area contributed by atoms with Crippen molar-refractivity contribution in [1.82, 2.24) is 4.90 Å². The number of benzene rings is 1. The van der Waals surface area contributed by atoms with Crippen LogP contribution in [-0.4, -0.2) is 133 Å². The van der Waals surface area contributed by atoms with E-state index in [2.05, 4.69) is 15.9 Å². The Labute approximate surface area is 399 Å². The number of fused-ring (bicyclic) bond motifs is 3. The zero-order valence-corrected chi connectivity index (χ0v) is 42.0. The standard InChI is InChI=1S/C51H74BrNO13/c1-10-35-21-29(2)20-30(3)22-44(62-8)47-45(63-9)24-32(5)51(60,66-47)48(57)49(58)53-19-12-11-16-38(53)50(59)65-46(33(6)39(54)27-40(35)55)31(4)23-34-17-18-42(43(25-34)61-7)64-28-41(56)36-14-13-15-37(52)26-36/h13-15,21,23,26,30,32-35,38-39,42-47,54,60H,10-12,16-20,22,24-25,27-28H2,1-9H3. The molecule has 3 aliphatic heterocycles. The number of rotatable bonds is 10. The number of amides is 1. The lowest BCUT2D eigenvalue weighted by molar-refractivity contribution is -0.302. The van der Waals surface area contributed by atoms with Gasteiger partial charge in [-0.15, -0.1) is 0 Å². The van der Waals surface area contributed by atoms with Crippen LogP contribution in [0.4, 0.5) is 0 Å². The van der Waals surface area contributed by atoms with E-state index in [-0.39, 0.29) is 68.0 Å². The van der Waals surface area contributed by atoms with Crippen LogP contribution in [0.5, 0.6) is 0 Å². The van der Waals surface area contributed by atoms with E-state index in [9.17, 15) is 34.2 Å². The summed E-state index contributed by atoms with van der Waals surface area (Å²) in [5.41, 5.74) is 2.18. The number of nitrogens with zero attached hydrogens (tertiary/aromatic N) is 1. The molecule has 2 N–H and O–H groups in total. The van der Waals surface area contributed by atoms with Crippen molar-refractivity contribution >= 4 is 45.2 Å². The fourth-order valence-corrected chi connectivity index (χ4v) is 10.9. The summed E-state index contributed by atoms with van der Waals surface area (Å²) >= 11 is 3.41. The molecule has 3 heterocycles. The molecule has 0 aromatic heterocycles. The lowest BCUT2D eigenvalue weighted by Gasteiger charge is -2.47. The molecule has 15 heteroatoms. The Kier molecular flexibility index (Phi) is 19.9. The summed E-state index contributed by atoms with van der Waals surface area (Å²) in [7, 11) is 4.67. The van der Waals surface area contributed by atoms with E-state index in [1.54, 1.807) is 39.2 Å². The van der Waals surface area contributed by atoms with Gasteiger partial charge in [-0.3, -0.25) is 19.2 Å². The van der Waals surface area contributed by atoms with Crippen molar-refractivity contribution in [2.45, 2.75) is 167 Å². The van der Waals surface area contributed by atoms with Crippen molar-refractivity contribution in [3.8, 4) is 0 Å². The molecule has 1 aromatic carbocycles. The molecule has 0 radical (unpaired) electrons. The zero-order chi connectivity index (χ0) is 48.5. The van der Waals surface area contributed by atoms with Gasteiger partial charge in [0.25, 0.3) is 11.7 Å². The molecule has 3 fully saturated rings. The minimum atomic E-state index is -2.52. The molecule has 2 bridgehead atoms. The van der Waals surface area contributed by atoms with E-state index in [1.807, 2.05) is 45.9 Å². The second-order valence-corrected chi connectivity index (χ2v) is 20.3. The van der Waals surface area contributed by atoms with Crippen LogP contribution >= 0.6 is 15.9 Å². The van der Waals surface area contributed by atoms with Gasteiger partial charge in [-0.1, -0.05) is 73.5 Å². The van der Waals surface area contributed by atoms with Gasteiger partial charge in [-0.05, 0) is 108 Å². The molecule has 0 spiro atoms. The van der Waals surface area contributed by atoms with Gasteiger partial charge in [0, 0.05) is 62.1 Å². The van der Waals surface area contributed by atoms with Crippen LogP contribution in [-0.2, 0) is 47.6 Å². The molecule has 4 aliphatic rings. The normalized spacial score (nSPS) is 36.2. The average molecular weight is 989 g/mol. The topological polar surface area (TPSA) is 184 Å². The Morgan fingerprint density at radius 2 is 1.64 bits per heavy atom. The molecule has 14 nitrogen and oxygen atoms in total. The first-order chi connectivity index (χ1) is 31.3. The van der Waals surface area contributed by atoms with Crippen molar-refractivity contribution in [1.29, 1.82) is 0 Å². The van der Waals surface area contributed by atoms with Gasteiger partial charge in [-0.2, -0.15) is 0 Å². The van der Waals surface area contributed by atoms with E-state index in [1.165, 1.54) is 19.1 Å². The van der Waals surface area contributed by atoms with Gasteiger partial charge < -0.3 is 43.5 Å². The van der Waals surface area contributed by atoms with Crippen LogP contribution in [0.15, 0.2) is 52.0 Å². The average Bonchev–Trinajstić information content (AvgIpc) is 3.30. The van der Waals surface area contributed by atoms with E-state index in [0.29, 0.717) is 62.5 Å². The molecule has 5 rings (SSSR count). The van der Waals surface area contributed by atoms with Gasteiger partial charge in [0.05, 0.1) is 30.5 Å². The number of Topliss-reactive ketones (excluding diaryl/α,β-unsaturated/α-hetero) is 3. The van der Waals surface area contributed by atoms with Crippen LogP contribution in [0.3, 0.4) is 0 Å². The smallest absolute Gasteiger partial charge is 0.329 e. The molecular weight excluding hydrogens is 914 g/mol. The Balaban J connectivity index is 1.45. The molecule has 14 unspecified atom stereocenters. The van der Waals surface area contributed by atoms with Crippen LogP contribution < -0.4 is 0 Å². The SMILES string of the molecule is CCC1C=C(C)CC(C)CC(OC)C2OC(O)(C(=O)C(=O)N3CCCCC3C(=O)OC(C(C)=CC3CCC(OCC(=O)c4cccc(Br)c4)C(OC)C3)C(C)C(O)CC1=O)C(C)CC2OC. The monoisotopic (exact) mass is 987 g/mol. The molecule has 66 heavy (non-hydrogen) atoms. The van der Waals surface area contributed by atoms with E-state index >= 15 is 0 Å². The van der Waals surface area contributed by atoms with E-state index < -0.39 is 77.8 Å². The predicted octanol–water partition coefficient (Wildman–Crippen LogP) is 7.14. The lowest BCUT2D eigenvalue weighted by Crippen LogP contribution is -2.64. The molecule has 1 saturated carbocycles. The Morgan fingerprint density at radius 3 is 2.30 bits per heavy atom. The van der Waals surface area contributed by atoms with Crippen LogP contribution in [0.25, 0.3) is 0 Å². The van der Waals surface area contributed by atoms with Crippen molar-refractivity contribution in [3.63, 3.8) is 0 Å². The number of carbonyl (C=O) groups is 5. The third-order valence-corrected chi connectivity index (χ3v) is 14.9. The highest BCUT2D eigenvalue weighted by molar-refractivity contribution is 9.10. The first-order valence-electron chi connectivity index (χ1n) is 23.9. The number of carbonyl (C=O) groups excluding carboxylic acids is 5. The number of methoxy groups -OCH3 is 3. The van der Waals surface area contributed by atoms with Gasteiger partial charge in [0.15, 0.2) is 5.78 Å². The maximum Gasteiger partial charge on any atom is 0.329 e. The zero-order valence-electron chi connectivity index (χ0n) is 40.4. The maximum atomic E-state index is 14.5. The van der Waals surface area contributed by atoms with Crippen molar-refractivity contribution < 1.29 is 62.6 Å². The Hall–Kier alpha value is -3.15. The van der Waals surface area contributed by atoms with Crippen molar-refractivity contribution in [2.24, 2.45) is 29.6 Å². The summed E-state index contributed by atoms with van der Waals surface area (Å²) in [5, 5.41) is 24.0. The summed E-state index contributed by atoms with van der Waals surface area (Å²) in [5.74, 6) is -7.86. The molecule has 14 atom stereocenters. The van der Waals surface area contributed by atoms with Crippen LogP contribution in [0.2, 0.25) is 0 Å². The minimum Gasteiger partial charge on any atom is -0.456 e. The molecule has 1 aromatic rings. The molecule has 1 aliphatic carbocycles. The van der Waals surface area contributed by atoms with E-state index in [0.717, 1.165) is 10.0 Å². The number of allylic oxidation sites excluding steroid dienone is 3. The second kappa shape index (κ2) is 24.4. The van der Waals surface area contributed by atoms with Gasteiger partial charge in [0.2, 0.25) is 5.79 Å². The van der Waals surface area contributed by atoms with E-state index in [4.69, 9.17) is 28.4 Å². The van der Waals surface area contributed by atoms with Crippen molar-refractivity contribution in [3.05, 3.63) is 57.6 Å². The highest BCUT2D eigenvalue weighted by Gasteiger charge is 2.56. The summed E-state index contributed by atoms with van der Waals surface area (Å²) < 4.78 is 37.2.